The smallest absolute Gasteiger partial charge is 0.130 e. The zero-order valence-corrected chi connectivity index (χ0v) is 9.51. The second kappa shape index (κ2) is 4.62. The largest absolute Gasteiger partial charge is 0.494 e. The third-order valence-electron chi connectivity index (χ3n) is 1.98. The molecule has 0 aliphatic rings. The Morgan fingerprint density at radius 1 is 1.40 bits per heavy atom. The first-order chi connectivity index (χ1) is 6.92. The van der Waals surface area contributed by atoms with E-state index < -0.39 is 5.54 Å². The summed E-state index contributed by atoms with van der Waals surface area (Å²) < 4.78 is 18.8. The van der Waals surface area contributed by atoms with Gasteiger partial charge in [-0.25, -0.2) is 4.39 Å². The molecule has 0 radical (unpaired) electrons. The minimum absolute atomic E-state index is 0.250. The Morgan fingerprint density at radius 2 is 2.07 bits per heavy atom. The van der Waals surface area contributed by atoms with Crippen molar-refractivity contribution in [1.29, 1.82) is 0 Å². The first-order valence-electron chi connectivity index (χ1n) is 5.12. The zero-order valence-electron chi connectivity index (χ0n) is 9.51. The van der Waals surface area contributed by atoms with Crippen molar-refractivity contribution in [2.75, 3.05) is 6.61 Å². The summed E-state index contributed by atoms with van der Waals surface area (Å²) in [7, 11) is 0. The molecule has 0 atom stereocenters. The first-order valence-corrected chi connectivity index (χ1v) is 5.12. The van der Waals surface area contributed by atoms with Gasteiger partial charge in [-0.05, 0) is 38.8 Å². The number of rotatable bonds is 4. The van der Waals surface area contributed by atoms with Gasteiger partial charge in [0.15, 0.2) is 0 Å². The van der Waals surface area contributed by atoms with E-state index in [0.29, 0.717) is 24.3 Å². The maximum Gasteiger partial charge on any atom is 0.130 e. The first kappa shape index (κ1) is 12.0. The molecule has 2 N–H and O–H groups in total. The second-order valence-electron chi connectivity index (χ2n) is 4.35. The van der Waals surface area contributed by atoms with Crippen LogP contribution < -0.4 is 10.5 Å². The third kappa shape index (κ3) is 3.88. The lowest BCUT2D eigenvalue weighted by atomic mass is 9.96. The van der Waals surface area contributed by atoms with Crippen LogP contribution in [-0.2, 0) is 6.42 Å². The topological polar surface area (TPSA) is 35.2 Å². The quantitative estimate of drug-likeness (QED) is 0.830. The molecule has 0 heterocycles. The molecular weight excluding hydrogens is 193 g/mol. The number of benzene rings is 1. The molecular formula is C12H18FNO. The highest BCUT2D eigenvalue weighted by Crippen LogP contribution is 2.19. The molecule has 15 heavy (non-hydrogen) atoms. The summed E-state index contributed by atoms with van der Waals surface area (Å²) in [6.07, 6.45) is 0.519. The van der Waals surface area contributed by atoms with Crippen molar-refractivity contribution in [2.24, 2.45) is 5.73 Å². The molecule has 1 aromatic carbocycles. The number of halogens is 1. The predicted molar refractivity (Wildman–Crippen MR) is 59.5 cm³/mol. The number of hydrogen-bond donors (Lipinski definition) is 1. The monoisotopic (exact) mass is 211 g/mol. The molecule has 0 saturated carbocycles. The fraction of sp³-hybridized carbons (Fsp3) is 0.500. The highest BCUT2D eigenvalue weighted by atomic mass is 19.1. The van der Waals surface area contributed by atoms with Crippen molar-refractivity contribution < 1.29 is 9.13 Å². The van der Waals surface area contributed by atoms with Crippen LogP contribution in [-0.4, -0.2) is 12.1 Å². The molecule has 1 rings (SSSR count). The van der Waals surface area contributed by atoms with Crippen LogP contribution in [0.15, 0.2) is 18.2 Å². The Kier molecular flexibility index (Phi) is 3.69. The van der Waals surface area contributed by atoms with Gasteiger partial charge >= 0.3 is 0 Å². The zero-order chi connectivity index (χ0) is 11.5. The predicted octanol–water partition coefficient (Wildman–Crippen LogP) is 2.50. The van der Waals surface area contributed by atoms with Gasteiger partial charge in [-0.2, -0.15) is 0 Å². The molecule has 0 aliphatic heterocycles. The van der Waals surface area contributed by atoms with E-state index in [9.17, 15) is 4.39 Å². The van der Waals surface area contributed by atoms with Crippen molar-refractivity contribution in [3.8, 4) is 5.75 Å². The van der Waals surface area contributed by atoms with Crippen molar-refractivity contribution in [3.63, 3.8) is 0 Å². The van der Waals surface area contributed by atoms with Crippen molar-refractivity contribution in [3.05, 3.63) is 29.6 Å². The Labute approximate surface area is 90.2 Å². The van der Waals surface area contributed by atoms with E-state index in [2.05, 4.69) is 0 Å². The van der Waals surface area contributed by atoms with Crippen molar-refractivity contribution in [1.82, 2.24) is 0 Å². The summed E-state index contributed by atoms with van der Waals surface area (Å²) in [5, 5.41) is 0. The van der Waals surface area contributed by atoms with E-state index in [0.717, 1.165) is 0 Å². The summed E-state index contributed by atoms with van der Waals surface area (Å²) in [5.74, 6) is 0.313. The third-order valence-corrected chi connectivity index (χ3v) is 1.98. The van der Waals surface area contributed by atoms with Crippen LogP contribution in [0.4, 0.5) is 4.39 Å². The fourth-order valence-corrected chi connectivity index (χ4v) is 1.42. The minimum atomic E-state index is -0.395. The summed E-state index contributed by atoms with van der Waals surface area (Å²) in [4.78, 5) is 0. The Bertz CT molecular complexity index is 331. The Balaban J connectivity index is 2.84. The van der Waals surface area contributed by atoms with Gasteiger partial charge in [0.1, 0.15) is 11.6 Å². The van der Waals surface area contributed by atoms with Crippen LogP contribution in [0.3, 0.4) is 0 Å². The molecule has 0 spiro atoms. The van der Waals surface area contributed by atoms with Gasteiger partial charge in [-0.3, -0.25) is 0 Å². The van der Waals surface area contributed by atoms with Gasteiger partial charge < -0.3 is 10.5 Å². The molecule has 0 amide bonds. The van der Waals surface area contributed by atoms with Crippen LogP contribution in [0.25, 0.3) is 0 Å². The van der Waals surface area contributed by atoms with E-state index in [1.807, 2.05) is 20.8 Å². The van der Waals surface area contributed by atoms with Crippen LogP contribution in [0.1, 0.15) is 26.3 Å². The normalized spacial score (nSPS) is 11.5. The summed E-state index contributed by atoms with van der Waals surface area (Å²) in [6.45, 7) is 6.17. The Hall–Kier alpha value is -1.09. The highest BCUT2D eigenvalue weighted by Gasteiger charge is 2.14. The number of ether oxygens (including phenoxy) is 1. The van der Waals surface area contributed by atoms with Gasteiger partial charge in [0, 0.05) is 11.6 Å². The van der Waals surface area contributed by atoms with Gasteiger partial charge in [0.05, 0.1) is 6.61 Å². The number of nitrogens with two attached hydrogens (primary N) is 1. The van der Waals surface area contributed by atoms with E-state index in [1.165, 1.54) is 6.07 Å². The van der Waals surface area contributed by atoms with Crippen LogP contribution in [0.5, 0.6) is 5.75 Å². The minimum Gasteiger partial charge on any atom is -0.494 e. The lowest BCUT2D eigenvalue weighted by Gasteiger charge is -2.19. The molecule has 0 aliphatic carbocycles. The molecule has 0 unspecified atom stereocenters. The van der Waals surface area contributed by atoms with Gasteiger partial charge in [0.25, 0.3) is 0 Å². The SMILES string of the molecule is CCOc1ccc(CC(C)(C)N)c(F)c1. The average Bonchev–Trinajstić information content (AvgIpc) is 2.08. The van der Waals surface area contributed by atoms with Crippen LogP contribution in [0.2, 0.25) is 0 Å². The maximum absolute atomic E-state index is 13.6. The van der Waals surface area contributed by atoms with E-state index in [1.54, 1.807) is 12.1 Å². The summed E-state index contributed by atoms with van der Waals surface area (Å²) in [6, 6.07) is 4.91. The van der Waals surface area contributed by atoms with Crippen LogP contribution >= 0.6 is 0 Å². The Morgan fingerprint density at radius 3 is 2.53 bits per heavy atom. The number of hydrogen-bond acceptors (Lipinski definition) is 2. The summed E-state index contributed by atoms with van der Waals surface area (Å²) in [5.41, 5.74) is 6.07. The van der Waals surface area contributed by atoms with Crippen molar-refractivity contribution >= 4 is 0 Å². The summed E-state index contributed by atoms with van der Waals surface area (Å²) >= 11 is 0. The van der Waals surface area contributed by atoms with Gasteiger partial charge in [-0.1, -0.05) is 6.07 Å². The molecule has 0 bridgehead atoms. The van der Waals surface area contributed by atoms with Crippen molar-refractivity contribution in [2.45, 2.75) is 32.7 Å². The standard InChI is InChI=1S/C12H18FNO/c1-4-15-10-6-5-9(11(13)7-10)8-12(2,3)14/h5-7H,4,8,14H2,1-3H3. The highest BCUT2D eigenvalue weighted by molar-refractivity contribution is 5.29. The molecule has 0 saturated heterocycles. The second-order valence-corrected chi connectivity index (χ2v) is 4.35. The average molecular weight is 211 g/mol. The van der Waals surface area contributed by atoms with E-state index in [-0.39, 0.29) is 5.82 Å². The molecule has 1 aromatic rings. The molecule has 0 fully saturated rings. The molecule has 84 valence electrons. The van der Waals surface area contributed by atoms with E-state index in [4.69, 9.17) is 10.5 Å². The lowest BCUT2D eigenvalue weighted by molar-refractivity contribution is 0.337. The molecule has 2 nitrogen and oxygen atoms in total. The van der Waals surface area contributed by atoms with Crippen LogP contribution in [0, 0.1) is 5.82 Å². The van der Waals surface area contributed by atoms with Gasteiger partial charge in [0.2, 0.25) is 0 Å². The maximum atomic E-state index is 13.6. The fourth-order valence-electron chi connectivity index (χ4n) is 1.42. The molecule has 0 aromatic heterocycles. The lowest BCUT2D eigenvalue weighted by Crippen LogP contribution is -2.34. The molecule has 3 heteroatoms. The van der Waals surface area contributed by atoms with E-state index >= 15 is 0 Å². The van der Waals surface area contributed by atoms with Gasteiger partial charge in [-0.15, -0.1) is 0 Å².